The summed E-state index contributed by atoms with van der Waals surface area (Å²) in [5, 5.41) is 0. The summed E-state index contributed by atoms with van der Waals surface area (Å²) in [5.74, 6) is 0.929. The molecule has 0 aromatic rings. The molecule has 1 atom stereocenters. The van der Waals surface area contributed by atoms with Crippen LogP contribution >= 0.6 is 0 Å². The van der Waals surface area contributed by atoms with Gasteiger partial charge in [0.25, 0.3) is 0 Å². The van der Waals surface area contributed by atoms with E-state index in [4.69, 9.17) is 5.73 Å². The van der Waals surface area contributed by atoms with Crippen LogP contribution in [0.2, 0.25) is 0 Å². The van der Waals surface area contributed by atoms with E-state index in [0.29, 0.717) is 10.8 Å². The van der Waals surface area contributed by atoms with Crippen molar-refractivity contribution < 1.29 is 0 Å². The van der Waals surface area contributed by atoms with E-state index in [1.807, 2.05) is 0 Å². The average Bonchev–Trinajstić information content (AvgIpc) is 2.60. The van der Waals surface area contributed by atoms with Crippen LogP contribution in [0.25, 0.3) is 0 Å². The third-order valence-electron chi connectivity index (χ3n) is 5.09. The Morgan fingerprint density at radius 2 is 1.73 bits per heavy atom. The molecule has 2 aliphatic rings. The first-order valence-corrected chi connectivity index (χ1v) is 6.78. The Labute approximate surface area is 94.8 Å². The van der Waals surface area contributed by atoms with Crippen molar-refractivity contribution in [3.8, 4) is 0 Å². The Morgan fingerprint density at radius 3 is 2.20 bits per heavy atom. The van der Waals surface area contributed by atoms with Gasteiger partial charge in [0, 0.05) is 0 Å². The van der Waals surface area contributed by atoms with Crippen molar-refractivity contribution in [2.75, 3.05) is 6.54 Å². The number of hydrogen-bond acceptors (Lipinski definition) is 1. The molecule has 1 heteroatoms. The Kier molecular flexibility index (Phi) is 3.12. The summed E-state index contributed by atoms with van der Waals surface area (Å²) in [5.41, 5.74) is 7.23. The van der Waals surface area contributed by atoms with Crippen molar-refractivity contribution in [1.29, 1.82) is 0 Å². The maximum atomic E-state index is 6.11. The second kappa shape index (κ2) is 4.08. The van der Waals surface area contributed by atoms with Gasteiger partial charge in [-0.1, -0.05) is 33.1 Å². The molecular weight excluding hydrogens is 182 g/mol. The third kappa shape index (κ3) is 2.22. The summed E-state index contributed by atoms with van der Waals surface area (Å²) in [7, 11) is 0. The van der Waals surface area contributed by atoms with Crippen molar-refractivity contribution in [3.05, 3.63) is 0 Å². The molecule has 0 heterocycles. The molecule has 2 fully saturated rings. The monoisotopic (exact) mass is 209 g/mol. The van der Waals surface area contributed by atoms with Gasteiger partial charge in [0.15, 0.2) is 0 Å². The van der Waals surface area contributed by atoms with Crippen molar-refractivity contribution >= 4 is 0 Å². The Morgan fingerprint density at radius 1 is 1.07 bits per heavy atom. The van der Waals surface area contributed by atoms with Crippen LogP contribution in [-0.4, -0.2) is 6.54 Å². The third-order valence-corrected chi connectivity index (χ3v) is 5.09. The summed E-state index contributed by atoms with van der Waals surface area (Å²) < 4.78 is 0. The molecule has 0 aromatic heterocycles. The highest BCUT2D eigenvalue weighted by Gasteiger charge is 2.44. The van der Waals surface area contributed by atoms with Crippen molar-refractivity contribution in [2.45, 2.75) is 65.2 Å². The minimum atomic E-state index is 0.534. The normalized spacial score (nSPS) is 34.2. The average molecular weight is 209 g/mol. The molecule has 15 heavy (non-hydrogen) atoms. The van der Waals surface area contributed by atoms with E-state index in [0.717, 1.165) is 12.5 Å². The zero-order valence-electron chi connectivity index (χ0n) is 10.5. The van der Waals surface area contributed by atoms with Crippen LogP contribution in [-0.2, 0) is 0 Å². The quantitative estimate of drug-likeness (QED) is 0.737. The van der Waals surface area contributed by atoms with Gasteiger partial charge in [-0.3, -0.25) is 0 Å². The molecule has 1 unspecified atom stereocenters. The van der Waals surface area contributed by atoms with Gasteiger partial charge in [-0.2, -0.15) is 0 Å². The first-order valence-electron chi connectivity index (χ1n) is 6.78. The van der Waals surface area contributed by atoms with Crippen molar-refractivity contribution in [3.63, 3.8) is 0 Å². The molecule has 1 nitrogen and oxygen atoms in total. The topological polar surface area (TPSA) is 26.0 Å². The highest BCUT2D eigenvalue weighted by atomic mass is 14.6. The molecule has 0 spiro atoms. The van der Waals surface area contributed by atoms with E-state index in [1.165, 1.54) is 51.4 Å². The second-order valence-corrected chi connectivity index (χ2v) is 6.73. The number of rotatable bonds is 2. The smallest absolute Gasteiger partial charge is 0.00179 e. The summed E-state index contributed by atoms with van der Waals surface area (Å²) in [6.45, 7) is 5.80. The molecule has 0 radical (unpaired) electrons. The van der Waals surface area contributed by atoms with Crippen LogP contribution < -0.4 is 5.73 Å². The lowest BCUT2D eigenvalue weighted by Gasteiger charge is -2.42. The van der Waals surface area contributed by atoms with Crippen LogP contribution in [0.5, 0.6) is 0 Å². The maximum absolute atomic E-state index is 6.11. The van der Waals surface area contributed by atoms with Crippen LogP contribution in [0, 0.1) is 16.7 Å². The molecule has 0 amide bonds. The lowest BCUT2D eigenvalue weighted by Crippen LogP contribution is -2.39. The molecule has 2 rings (SSSR count). The highest BCUT2D eigenvalue weighted by Crippen LogP contribution is 2.53. The lowest BCUT2D eigenvalue weighted by atomic mass is 9.64. The van der Waals surface area contributed by atoms with Gasteiger partial charge in [-0.05, 0) is 55.4 Å². The summed E-state index contributed by atoms with van der Waals surface area (Å²) in [6, 6.07) is 0. The van der Waals surface area contributed by atoms with Gasteiger partial charge in [0.2, 0.25) is 0 Å². The molecule has 88 valence electrons. The minimum Gasteiger partial charge on any atom is -0.330 e. The summed E-state index contributed by atoms with van der Waals surface area (Å²) in [4.78, 5) is 0. The predicted octanol–water partition coefficient (Wildman–Crippen LogP) is 3.72. The SMILES string of the molecule is CC1(C)CCC(C2(CN)CCCCC2)C1. The number of nitrogens with two attached hydrogens (primary N) is 1. The standard InChI is InChI=1S/C14H27N/c1-13(2)9-6-12(10-13)14(11-15)7-4-3-5-8-14/h12H,3-11,15H2,1-2H3. The maximum Gasteiger partial charge on any atom is -0.00179 e. The molecule has 0 saturated heterocycles. The van der Waals surface area contributed by atoms with Crippen molar-refractivity contribution in [2.24, 2.45) is 22.5 Å². The van der Waals surface area contributed by atoms with Crippen LogP contribution in [0.1, 0.15) is 65.2 Å². The summed E-state index contributed by atoms with van der Waals surface area (Å²) in [6.07, 6.45) is 11.4. The van der Waals surface area contributed by atoms with E-state index < -0.39 is 0 Å². The van der Waals surface area contributed by atoms with Gasteiger partial charge < -0.3 is 5.73 Å². The fourth-order valence-corrected chi connectivity index (χ4v) is 3.99. The fraction of sp³-hybridized carbons (Fsp3) is 1.00. The van der Waals surface area contributed by atoms with E-state index in [9.17, 15) is 0 Å². The first kappa shape index (κ1) is 11.4. The molecular formula is C14H27N. The van der Waals surface area contributed by atoms with Crippen LogP contribution in [0.4, 0.5) is 0 Å². The molecule has 0 aromatic carbocycles. The zero-order valence-corrected chi connectivity index (χ0v) is 10.5. The lowest BCUT2D eigenvalue weighted by molar-refractivity contribution is 0.101. The molecule has 2 N–H and O–H groups in total. The van der Waals surface area contributed by atoms with Gasteiger partial charge in [-0.15, -0.1) is 0 Å². The Hall–Kier alpha value is -0.0400. The minimum absolute atomic E-state index is 0.534. The fourth-order valence-electron chi connectivity index (χ4n) is 3.99. The van der Waals surface area contributed by atoms with Crippen LogP contribution in [0.15, 0.2) is 0 Å². The summed E-state index contributed by atoms with van der Waals surface area (Å²) >= 11 is 0. The van der Waals surface area contributed by atoms with Gasteiger partial charge in [-0.25, -0.2) is 0 Å². The largest absolute Gasteiger partial charge is 0.330 e. The Bertz CT molecular complexity index is 213. The molecule has 0 aliphatic heterocycles. The van der Waals surface area contributed by atoms with E-state index in [-0.39, 0.29) is 0 Å². The molecule has 2 aliphatic carbocycles. The van der Waals surface area contributed by atoms with Gasteiger partial charge >= 0.3 is 0 Å². The van der Waals surface area contributed by atoms with E-state index >= 15 is 0 Å². The molecule has 0 bridgehead atoms. The second-order valence-electron chi connectivity index (χ2n) is 6.73. The van der Waals surface area contributed by atoms with Crippen molar-refractivity contribution in [1.82, 2.24) is 0 Å². The molecule has 2 saturated carbocycles. The predicted molar refractivity (Wildman–Crippen MR) is 65.7 cm³/mol. The Balaban J connectivity index is 2.06. The first-order chi connectivity index (χ1) is 7.08. The van der Waals surface area contributed by atoms with Gasteiger partial charge in [0.1, 0.15) is 0 Å². The number of hydrogen-bond donors (Lipinski definition) is 1. The van der Waals surface area contributed by atoms with Crippen LogP contribution in [0.3, 0.4) is 0 Å². The van der Waals surface area contributed by atoms with E-state index in [2.05, 4.69) is 13.8 Å². The highest BCUT2D eigenvalue weighted by molar-refractivity contribution is 4.96. The van der Waals surface area contributed by atoms with Gasteiger partial charge in [0.05, 0.1) is 0 Å². The zero-order chi connectivity index (χ0) is 10.9. The van der Waals surface area contributed by atoms with E-state index in [1.54, 1.807) is 0 Å².